The van der Waals surface area contributed by atoms with Crippen LogP contribution < -0.4 is 5.32 Å². The minimum absolute atomic E-state index is 0.233. The topological polar surface area (TPSA) is 72.5 Å². The Morgan fingerprint density at radius 1 is 1.29 bits per heavy atom. The molecule has 0 spiro atoms. The molecule has 5 heteroatoms. The van der Waals surface area contributed by atoms with Gasteiger partial charge in [0.1, 0.15) is 0 Å². The molecule has 0 aromatic rings. The second-order valence-electron chi connectivity index (χ2n) is 2.73. The second-order valence-corrected chi connectivity index (χ2v) is 2.73. The van der Waals surface area contributed by atoms with Crippen LogP contribution >= 0.6 is 0 Å². The Kier molecular flexibility index (Phi) is 13.0. The minimum Gasteiger partial charge on any atom is -0.466 e. The van der Waals surface area contributed by atoms with E-state index in [-0.39, 0.29) is 18.9 Å². The number of nitrogens with one attached hydrogen (secondary N) is 1. The van der Waals surface area contributed by atoms with E-state index in [0.29, 0.717) is 13.0 Å². The number of esters is 1. The average Bonchev–Trinajstić information content (AvgIpc) is 2.36. The van der Waals surface area contributed by atoms with Crippen molar-refractivity contribution >= 4 is 17.7 Å². The van der Waals surface area contributed by atoms with Crippen molar-refractivity contribution in [1.29, 1.82) is 0 Å². The monoisotopic (exact) mass is 243 g/mol. The van der Waals surface area contributed by atoms with Gasteiger partial charge in [0.25, 0.3) is 5.91 Å². The highest BCUT2D eigenvalue weighted by atomic mass is 16.5. The van der Waals surface area contributed by atoms with Gasteiger partial charge in [-0.15, -0.1) is 0 Å². The highest BCUT2D eigenvalue weighted by Crippen LogP contribution is 1.91. The minimum atomic E-state index is -0.700. The Labute approximate surface area is 102 Å². The van der Waals surface area contributed by atoms with Crippen LogP contribution in [0.15, 0.2) is 12.7 Å². The van der Waals surface area contributed by atoms with Crippen LogP contribution in [-0.2, 0) is 19.1 Å². The maximum atomic E-state index is 10.9. The second kappa shape index (κ2) is 12.4. The first-order valence-electron chi connectivity index (χ1n) is 5.72. The van der Waals surface area contributed by atoms with Crippen molar-refractivity contribution in [3.63, 3.8) is 0 Å². The molecular formula is C12H21NO4. The fourth-order valence-electron chi connectivity index (χ4n) is 0.848. The molecule has 0 aliphatic rings. The molecule has 1 amide bonds. The van der Waals surface area contributed by atoms with E-state index in [0.717, 1.165) is 6.08 Å². The van der Waals surface area contributed by atoms with Crippen LogP contribution in [0, 0.1) is 0 Å². The Hall–Kier alpha value is -1.65. The quantitative estimate of drug-likeness (QED) is 0.316. The van der Waals surface area contributed by atoms with E-state index in [1.807, 2.05) is 13.8 Å². The van der Waals surface area contributed by atoms with Crippen LogP contribution in [0.4, 0.5) is 0 Å². The van der Waals surface area contributed by atoms with Gasteiger partial charge in [-0.25, -0.2) is 0 Å². The Bertz CT molecular complexity index is 261. The molecule has 0 fully saturated rings. The highest BCUT2D eigenvalue weighted by molar-refractivity contribution is 6.40. The standard InChI is InChI=1S/C10H15NO4.C2H6/c1-3-8(12)10(14)11-7-5-6-9(13)15-4-2;1-2/h3H,1,4-7H2,2H3,(H,11,14);1-2H3. The molecule has 0 bridgehead atoms. The number of carbonyl (C=O) groups excluding carboxylic acids is 3. The fraction of sp³-hybridized carbons (Fsp3) is 0.583. The van der Waals surface area contributed by atoms with Gasteiger partial charge in [-0.1, -0.05) is 20.4 Å². The van der Waals surface area contributed by atoms with Crippen molar-refractivity contribution in [2.24, 2.45) is 0 Å². The van der Waals surface area contributed by atoms with Gasteiger partial charge in [0, 0.05) is 13.0 Å². The zero-order valence-corrected chi connectivity index (χ0v) is 10.7. The van der Waals surface area contributed by atoms with Crippen LogP contribution in [0.1, 0.15) is 33.6 Å². The number of rotatable bonds is 7. The average molecular weight is 243 g/mol. The van der Waals surface area contributed by atoms with E-state index in [4.69, 9.17) is 0 Å². The van der Waals surface area contributed by atoms with Gasteiger partial charge in [-0.05, 0) is 19.4 Å². The first-order valence-corrected chi connectivity index (χ1v) is 5.72. The molecule has 0 saturated heterocycles. The first kappa shape index (κ1) is 17.7. The van der Waals surface area contributed by atoms with Crippen molar-refractivity contribution in [1.82, 2.24) is 5.32 Å². The van der Waals surface area contributed by atoms with Crippen molar-refractivity contribution in [2.75, 3.05) is 13.2 Å². The lowest BCUT2D eigenvalue weighted by Crippen LogP contribution is -2.30. The largest absolute Gasteiger partial charge is 0.466 e. The van der Waals surface area contributed by atoms with Gasteiger partial charge in [-0.2, -0.15) is 0 Å². The van der Waals surface area contributed by atoms with Crippen LogP contribution in [-0.4, -0.2) is 30.8 Å². The Morgan fingerprint density at radius 2 is 1.88 bits per heavy atom. The smallest absolute Gasteiger partial charge is 0.305 e. The predicted octanol–water partition coefficient (Wildman–Crippen LogP) is 1.23. The summed E-state index contributed by atoms with van der Waals surface area (Å²) in [4.78, 5) is 32.5. The third kappa shape index (κ3) is 10.6. The number of carbonyl (C=O) groups is 3. The number of amides is 1. The summed E-state index contributed by atoms with van der Waals surface area (Å²) in [6.45, 7) is 9.53. The molecule has 0 saturated carbocycles. The van der Waals surface area contributed by atoms with Crippen molar-refractivity contribution in [3.8, 4) is 0 Å². The van der Waals surface area contributed by atoms with Crippen LogP contribution in [0.3, 0.4) is 0 Å². The normalized spacial score (nSPS) is 8.41. The molecule has 0 atom stereocenters. The number of ketones is 1. The lowest BCUT2D eigenvalue weighted by molar-refractivity contribution is -0.143. The first-order chi connectivity index (χ1) is 8.11. The maximum Gasteiger partial charge on any atom is 0.305 e. The summed E-state index contributed by atoms with van der Waals surface area (Å²) < 4.78 is 4.68. The van der Waals surface area contributed by atoms with Crippen LogP contribution in [0.2, 0.25) is 0 Å². The summed E-state index contributed by atoms with van der Waals surface area (Å²) in [7, 11) is 0. The van der Waals surface area contributed by atoms with Gasteiger partial charge in [0.05, 0.1) is 6.61 Å². The van der Waals surface area contributed by atoms with Crippen molar-refractivity contribution in [3.05, 3.63) is 12.7 Å². The van der Waals surface area contributed by atoms with Gasteiger partial charge < -0.3 is 10.1 Å². The summed E-state index contributed by atoms with van der Waals surface area (Å²) >= 11 is 0. The van der Waals surface area contributed by atoms with Crippen molar-refractivity contribution < 1.29 is 19.1 Å². The van der Waals surface area contributed by atoms with E-state index in [9.17, 15) is 14.4 Å². The summed E-state index contributed by atoms with van der Waals surface area (Å²) in [5.41, 5.74) is 0. The molecule has 0 heterocycles. The molecular weight excluding hydrogens is 222 g/mol. The van der Waals surface area contributed by atoms with E-state index in [1.165, 1.54) is 0 Å². The van der Waals surface area contributed by atoms with Crippen LogP contribution in [0.25, 0.3) is 0 Å². The zero-order chi connectivity index (χ0) is 13.7. The molecule has 0 aliphatic carbocycles. The van der Waals surface area contributed by atoms with Crippen molar-refractivity contribution in [2.45, 2.75) is 33.6 Å². The number of hydrogen-bond donors (Lipinski definition) is 1. The molecule has 0 unspecified atom stereocenters. The summed E-state index contributed by atoms with van der Waals surface area (Å²) in [6.07, 6.45) is 1.63. The molecule has 98 valence electrons. The van der Waals surface area contributed by atoms with Gasteiger partial charge in [0.2, 0.25) is 5.78 Å². The van der Waals surface area contributed by atoms with Gasteiger partial charge in [0.15, 0.2) is 0 Å². The lowest BCUT2D eigenvalue weighted by Gasteiger charge is -2.02. The molecule has 17 heavy (non-hydrogen) atoms. The van der Waals surface area contributed by atoms with Gasteiger partial charge >= 0.3 is 5.97 Å². The molecule has 5 nitrogen and oxygen atoms in total. The maximum absolute atomic E-state index is 10.9. The highest BCUT2D eigenvalue weighted by Gasteiger charge is 2.08. The lowest BCUT2D eigenvalue weighted by atomic mass is 10.3. The summed E-state index contributed by atoms with van der Waals surface area (Å²) in [5, 5.41) is 2.36. The molecule has 0 aromatic heterocycles. The van der Waals surface area contributed by atoms with Crippen LogP contribution in [0.5, 0.6) is 0 Å². The fourth-order valence-corrected chi connectivity index (χ4v) is 0.848. The predicted molar refractivity (Wildman–Crippen MR) is 65.4 cm³/mol. The van der Waals surface area contributed by atoms with E-state index in [1.54, 1.807) is 6.92 Å². The summed E-state index contributed by atoms with van der Waals surface area (Å²) in [6, 6.07) is 0. The van der Waals surface area contributed by atoms with E-state index in [2.05, 4.69) is 16.6 Å². The molecule has 0 aliphatic heterocycles. The Morgan fingerprint density at radius 3 is 2.35 bits per heavy atom. The van der Waals surface area contributed by atoms with E-state index >= 15 is 0 Å². The third-order valence-electron chi connectivity index (χ3n) is 1.56. The SMILES string of the molecule is C=CC(=O)C(=O)NCCCC(=O)OCC.CC. The molecule has 0 rings (SSSR count). The molecule has 0 aromatic carbocycles. The Balaban J connectivity index is 0. The molecule has 1 N–H and O–H groups in total. The molecule has 0 radical (unpaired) electrons. The summed E-state index contributed by atoms with van der Waals surface area (Å²) in [5.74, 6) is -1.68. The van der Waals surface area contributed by atoms with Gasteiger partial charge in [-0.3, -0.25) is 14.4 Å². The van der Waals surface area contributed by atoms with E-state index < -0.39 is 11.7 Å². The zero-order valence-electron chi connectivity index (χ0n) is 10.7. The third-order valence-corrected chi connectivity index (χ3v) is 1.56. The number of hydrogen-bond acceptors (Lipinski definition) is 4. The number of ether oxygens (including phenoxy) is 1.